The van der Waals surface area contributed by atoms with Crippen molar-refractivity contribution in [3.05, 3.63) is 42.4 Å². The smallest absolute Gasteiger partial charge is 0.268 e. The largest absolute Gasteiger partial charge is 0.497 e. The number of nitrogens with zero attached hydrogens (tertiary/aromatic N) is 4. The first-order valence-corrected chi connectivity index (χ1v) is 7.43. The maximum Gasteiger partial charge on any atom is 0.268 e. The van der Waals surface area contributed by atoms with E-state index in [0.717, 1.165) is 31.9 Å². The number of hydrogen-bond donors (Lipinski definition) is 1. The number of hydrogen-bond acceptors (Lipinski definition) is 6. The molecule has 0 radical (unpaired) electrons. The zero-order chi connectivity index (χ0) is 16.2. The summed E-state index contributed by atoms with van der Waals surface area (Å²) in [4.78, 5) is 23.9. The maximum absolute atomic E-state index is 11.2. The molecule has 120 valence electrons. The van der Waals surface area contributed by atoms with Crippen molar-refractivity contribution in [1.29, 1.82) is 0 Å². The summed E-state index contributed by atoms with van der Waals surface area (Å²) in [6, 6.07) is 8.04. The molecule has 0 atom stereocenters. The summed E-state index contributed by atoms with van der Waals surface area (Å²) >= 11 is 0. The lowest BCUT2D eigenvalue weighted by Gasteiger charge is -2.36. The van der Waals surface area contributed by atoms with Crippen LogP contribution in [0, 0.1) is 0 Å². The standard InChI is InChI=1S/C16H19N5O2/c1-23-13-4-2-12(3-5-13)20-6-8-21(9-7-20)15-11-18-10-14(19-15)16(17)22/h2-5,10-11H,6-9H2,1H3,(H2,17,22). The average Bonchev–Trinajstić information content (AvgIpc) is 2.62. The Morgan fingerprint density at radius 1 is 1.09 bits per heavy atom. The number of aromatic nitrogens is 2. The number of nitrogens with two attached hydrogens (primary N) is 1. The normalized spacial score (nSPS) is 14.7. The molecule has 1 fully saturated rings. The van der Waals surface area contributed by atoms with Crippen LogP contribution in [0.1, 0.15) is 10.5 Å². The molecule has 1 aliphatic heterocycles. The van der Waals surface area contributed by atoms with Crippen LogP contribution >= 0.6 is 0 Å². The highest BCUT2D eigenvalue weighted by Gasteiger charge is 2.19. The third-order valence-electron chi connectivity index (χ3n) is 3.92. The first-order chi connectivity index (χ1) is 11.2. The zero-order valence-corrected chi connectivity index (χ0v) is 13.0. The summed E-state index contributed by atoms with van der Waals surface area (Å²) in [6.45, 7) is 3.36. The summed E-state index contributed by atoms with van der Waals surface area (Å²) in [5.74, 6) is 0.984. The Kier molecular flexibility index (Phi) is 4.27. The Hall–Kier alpha value is -2.83. The van der Waals surface area contributed by atoms with Crippen LogP contribution in [0.4, 0.5) is 11.5 Å². The molecule has 23 heavy (non-hydrogen) atoms. The molecule has 0 aliphatic carbocycles. The minimum absolute atomic E-state index is 0.195. The number of carbonyl (C=O) groups excluding carboxylic acids is 1. The third-order valence-corrected chi connectivity index (χ3v) is 3.92. The average molecular weight is 313 g/mol. The molecule has 1 aromatic carbocycles. The minimum atomic E-state index is -0.559. The molecule has 7 nitrogen and oxygen atoms in total. The summed E-state index contributed by atoms with van der Waals surface area (Å²) < 4.78 is 5.18. The van der Waals surface area contributed by atoms with Crippen molar-refractivity contribution < 1.29 is 9.53 Å². The topological polar surface area (TPSA) is 84.6 Å². The maximum atomic E-state index is 11.2. The van der Waals surface area contributed by atoms with Gasteiger partial charge < -0.3 is 20.3 Å². The lowest BCUT2D eigenvalue weighted by Crippen LogP contribution is -2.47. The number of rotatable bonds is 4. The van der Waals surface area contributed by atoms with Crippen LogP contribution in [0.15, 0.2) is 36.7 Å². The number of amides is 1. The molecule has 1 saturated heterocycles. The summed E-state index contributed by atoms with van der Waals surface area (Å²) in [7, 11) is 1.66. The quantitative estimate of drug-likeness (QED) is 0.903. The van der Waals surface area contributed by atoms with Crippen LogP contribution in [-0.2, 0) is 0 Å². The van der Waals surface area contributed by atoms with Crippen molar-refractivity contribution in [2.75, 3.05) is 43.1 Å². The van der Waals surface area contributed by atoms with Crippen LogP contribution in [0.2, 0.25) is 0 Å². The second kappa shape index (κ2) is 6.51. The Labute approximate surface area is 134 Å². The molecule has 1 amide bonds. The molecule has 2 heterocycles. The monoisotopic (exact) mass is 313 g/mol. The number of ether oxygens (including phenoxy) is 1. The highest BCUT2D eigenvalue weighted by molar-refractivity contribution is 5.90. The molecule has 1 aromatic heterocycles. The number of piperazine rings is 1. The fourth-order valence-corrected chi connectivity index (χ4v) is 2.61. The number of primary amides is 1. The van der Waals surface area contributed by atoms with Crippen molar-refractivity contribution in [1.82, 2.24) is 9.97 Å². The van der Waals surface area contributed by atoms with E-state index in [1.165, 1.54) is 11.9 Å². The van der Waals surface area contributed by atoms with E-state index in [1.807, 2.05) is 12.1 Å². The van der Waals surface area contributed by atoms with E-state index in [-0.39, 0.29) is 5.69 Å². The molecule has 0 bridgehead atoms. The predicted molar refractivity (Wildman–Crippen MR) is 88.0 cm³/mol. The highest BCUT2D eigenvalue weighted by atomic mass is 16.5. The Balaban J connectivity index is 1.65. The van der Waals surface area contributed by atoms with Gasteiger partial charge in [0.05, 0.1) is 19.5 Å². The predicted octanol–water partition coefficient (Wildman–Crippen LogP) is 0.911. The number of anilines is 2. The van der Waals surface area contributed by atoms with Gasteiger partial charge in [-0.15, -0.1) is 0 Å². The molecule has 2 aromatic rings. The van der Waals surface area contributed by atoms with Crippen LogP contribution in [-0.4, -0.2) is 49.2 Å². The fraction of sp³-hybridized carbons (Fsp3) is 0.312. The lowest BCUT2D eigenvalue weighted by atomic mass is 10.2. The lowest BCUT2D eigenvalue weighted by molar-refractivity contribution is 0.0995. The van der Waals surface area contributed by atoms with Crippen LogP contribution in [0.3, 0.4) is 0 Å². The fourth-order valence-electron chi connectivity index (χ4n) is 2.61. The van der Waals surface area contributed by atoms with Gasteiger partial charge in [0, 0.05) is 31.9 Å². The van der Waals surface area contributed by atoms with E-state index < -0.39 is 5.91 Å². The number of methoxy groups -OCH3 is 1. The molecule has 0 spiro atoms. The van der Waals surface area contributed by atoms with Gasteiger partial charge in [-0.1, -0.05) is 0 Å². The number of carbonyl (C=O) groups is 1. The van der Waals surface area contributed by atoms with E-state index in [0.29, 0.717) is 5.82 Å². The van der Waals surface area contributed by atoms with Crippen molar-refractivity contribution in [2.45, 2.75) is 0 Å². The molecular weight excluding hydrogens is 294 g/mol. The minimum Gasteiger partial charge on any atom is -0.497 e. The summed E-state index contributed by atoms with van der Waals surface area (Å²) in [6.07, 6.45) is 3.05. The Bertz CT molecular complexity index is 681. The van der Waals surface area contributed by atoms with E-state index in [9.17, 15) is 4.79 Å². The van der Waals surface area contributed by atoms with Crippen molar-refractivity contribution >= 4 is 17.4 Å². The SMILES string of the molecule is COc1ccc(N2CCN(c3cncc(C(N)=O)n3)CC2)cc1. The first-order valence-electron chi connectivity index (χ1n) is 7.43. The Morgan fingerprint density at radius 2 is 1.74 bits per heavy atom. The Morgan fingerprint density at radius 3 is 2.35 bits per heavy atom. The second-order valence-electron chi connectivity index (χ2n) is 5.30. The van der Waals surface area contributed by atoms with Gasteiger partial charge in [0.2, 0.25) is 0 Å². The molecule has 0 unspecified atom stereocenters. The third kappa shape index (κ3) is 3.33. The molecule has 7 heteroatoms. The van der Waals surface area contributed by atoms with E-state index in [2.05, 4.69) is 31.9 Å². The van der Waals surface area contributed by atoms with Crippen molar-refractivity contribution in [2.24, 2.45) is 5.73 Å². The van der Waals surface area contributed by atoms with E-state index in [4.69, 9.17) is 10.5 Å². The van der Waals surface area contributed by atoms with Gasteiger partial charge in [-0.3, -0.25) is 9.78 Å². The molecule has 0 saturated carbocycles. The van der Waals surface area contributed by atoms with E-state index in [1.54, 1.807) is 13.3 Å². The highest BCUT2D eigenvalue weighted by Crippen LogP contribution is 2.21. The second-order valence-corrected chi connectivity index (χ2v) is 5.30. The molecular formula is C16H19N5O2. The van der Waals surface area contributed by atoms with Crippen LogP contribution < -0.4 is 20.3 Å². The van der Waals surface area contributed by atoms with Crippen molar-refractivity contribution in [3.8, 4) is 5.75 Å². The summed E-state index contributed by atoms with van der Waals surface area (Å²) in [5, 5.41) is 0. The van der Waals surface area contributed by atoms with Gasteiger partial charge in [-0.2, -0.15) is 0 Å². The zero-order valence-electron chi connectivity index (χ0n) is 13.0. The van der Waals surface area contributed by atoms with Crippen LogP contribution in [0.25, 0.3) is 0 Å². The molecule has 1 aliphatic rings. The van der Waals surface area contributed by atoms with Gasteiger partial charge >= 0.3 is 0 Å². The van der Waals surface area contributed by atoms with Gasteiger partial charge in [0.25, 0.3) is 5.91 Å². The number of benzene rings is 1. The summed E-state index contributed by atoms with van der Waals surface area (Å²) in [5.41, 5.74) is 6.62. The van der Waals surface area contributed by atoms with Gasteiger partial charge in [0.1, 0.15) is 17.3 Å². The molecule has 2 N–H and O–H groups in total. The van der Waals surface area contributed by atoms with Gasteiger partial charge in [-0.25, -0.2) is 4.98 Å². The van der Waals surface area contributed by atoms with Crippen molar-refractivity contribution in [3.63, 3.8) is 0 Å². The first kappa shape index (κ1) is 15.1. The van der Waals surface area contributed by atoms with Gasteiger partial charge in [0.15, 0.2) is 0 Å². The molecule has 3 rings (SSSR count). The van der Waals surface area contributed by atoms with E-state index >= 15 is 0 Å². The van der Waals surface area contributed by atoms with Gasteiger partial charge in [-0.05, 0) is 24.3 Å². The van der Waals surface area contributed by atoms with Crippen LogP contribution in [0.5, 0.6) is 5.75 Å².